The van der Waals surface area contributed by atoms with Crippen LogP contribution >= 0.6 is 0 Å². The topological polar surface area (TPSA) is 67.8 Å². The summed E-state index contributed by atoms with van der Waals surface area (Å²) in [7, 11) is 0. The molecule has 0 aliphatic heterocycles. The van der Waals surface area contributed by atoms with Gasteiger partial charge in [-0.15, -0.1) is 0 Å². The molecule has 4 heteroatoms. The zero-order valence-corrected chi connectivity index (χ0v) is 11.4. The number of ether oxygens (including phenoxy) is 1. The molecule has 0 unspecified atom stereocenters. The number of aryl methyl sites for hydroxylation is 1. The molecule has 0 saturated heterocycles. The van der Waals surface area contributed by atoms with Crippen LogP contribution in [-0.2, 0) is 0 Å². The van der Waals surface area contributed by atoms with E-state index in [1.165, 1.54) is 25.7 Å². The maximum Gasteiger partial charge on any atom is 0.170 e. The lowest BCUT2D eigenvalue weighted by Crippen LogP contribution is -2.17. The number of benzene rings is 1. The van der Waals surface area contributed by atoms with E-state index in [1.807, 2.05) is 25.1 Å². The lowest BCUT2D eigenvalue weighted by molar-refractivity contribution is 0.183. The highest BCUT2D eigenvalue weighted by atomic mass is 16.5. The molecule has 0 amide bonds. The van der Waals surface area contributed by atoms with Gasteiger partial charge in [0.2, 0.25) is 0 Å². The second-order valence-electron chi connectivity index (χ2n) is 5.19. The van der Waals surface area contributed by atoms with Gasteiger partial charge in [-0.2, -0.15) is 0 Å². The number of nitrogens with two attached hydrogens (primary N) is 1. The van der Waals surface area contributed by atoms with Gasteiger partial charge in [0.05, 0.1) is 6.10 Å². The Morgan fingerprint density at radius 1 is 1.26 bits per heavy atom. The van der Waals surface area contributed by atoms with Gasteiger partial charge in [-0.1, -0.05) is 18.0 Å². The van der Waals surface area contributed by atoms with Gasteiger partial charge in [-0.25, -0.2) is 0 Å². The van der Waals surface area contributed by atoms with Crippen molar-refractivity contribution < 1.29 is 9.94 Å². The monoisotopic (exact) mass is 262 g/mol. The Bertz CT molecular complexity index is 449. The molecule has 0 spiro atoms. The molecule has 104 valence electrons. The Kier molecular flexibility index (Phi) is 4.66. The van der Waals surface area contributed by atoms with Crippen molar-refractivity contribution in [2.45, 2.75) is 51.6 Å². The van der Waals surface area contributed by atoms with Crippen molar-refractivity contribution in [3.63, 3.8) is 0 Å². The summed E-state index contributed by atoms with van der Waals surface area (Å²) in [5.41, 5.74) is 7.31. The van der Waals surface area contributed by atoms with Crippen molar-refractivity contribution >= 4 is 5.84 Å². The molecule has 19 heavy (non-hydrogen) atoms. The Morgan fingerprint density at radius 2 is 1.95 bits per heavy atom. The normalized spacial score (nSPS) is 18.1. The Morgan fingerprint density at radius 3 is 2.53 bits per heavy atom. The molecule has 0 heterocycles. The van der Waals surface area contributed by atoms with Crippen LogP contribution in [0, 0.1) is 6.92 Å². The van der Waals surface area contributed by atoms with Crippen molar-refractivity contribution in [1.29, 1.82) is 0 Å². The van der Waals surface area contributed by atoms with Crippen LogP contribution in [0.15, 0.2) is 23.4 Å². The summed E-state index contributed by atoms with van der Waals surface area (Å²) >= 11 is 0. The second-order valence-corrected chi connectivity index (χ2v) is 5.19. The second kappa shape index (κ2) is 6.45. The van der Waals surface area contributed by atoms with E-state index in [9.17, 15) is 0 Å². The highest BCUT2D eigenvalue weighted by Crippen LogP contribution is 2.24. The van der Waals surface area contributed by atoms with E-state index in [-0.39, 0.29) is 5.84 Å². The number of nitrogens with zero attached hydrogens (tertiary/aromatic N) is 1. The number of amidine groups is 1. The van der Waals surface area contributed by atoms with Gasteiger partial charge in [-0.05, 0) is 56.4 Å². The van der Waals surface area contributed by atoms with Gasteiger partial charge in [0.25, 0.3) is 0 Å². The van der Waals surface area contributed by atoms with Gasteiger partial charge >= 0.3 is 0 Å². The summed E-state index contributed by atoms with van der Waals surface area (Å²) < 4.78 is 6.04. The van der Waals surface area contributed by atoms with Crippen LogP contribution in [0.3, 0.4) is 0 Å². The molecule has 1 aliphatic rings. The number of hydrogen-bond donors (Lipinski definition) is 2. The summed E-state index contributed by atoms with van der Waals surface area (Å²) in [5, 5.41) is 11.7. The van der Waals surface area contributed by atoms with Crippen LogP contribution in [-0.4, -0.2) is 17.1 Å². The molecule has 0 aromatic heterocycles. The zero-order chi connectivity index (χ0) is 13.7. The first-order valence-corrected chi connectivity index (χ1v) is 6.96. The lowest BCUT2D eigenvalue weighted by Gasteiger charge is -2.18. The number of oxime groups is 1. The highest BCUT2D eigenvalue weighted by Gasteiger charge is 2.14. The highest BCUT2D eigenvalue weighted by molar-refractivity contribution is 5.98. The zero-order valence-electron chi connectivity index (χ0n) is 11.4. The Labute approximate surface area is 114 Å². The fraction of sp³-hybridized carbons (Fsp3) is 0.533. The fourth-order valence-electron chi connectivity index (χ4n) is 2.60. The van der Waals surface area contributed by atoms with Gasteiger partial charge in [0.15, 0.2) is 5.84 Å². The van der Waals surface area contributed by atoms with Gasteiger partial charge in [-0.3, -0.25) is 0 Å². The predicted octanol–water partition coefficient (Wildman–Crippen LogP) is 3.19. The molecule has 1 aromatic rings. The number of rotatable bonds is 3. The summed E-state index contributed by atoms with van der Waals surface area (Å²) in [6.45, 7) is 1.94. The molecule has 1 saturated carbocycles. The molecule has 3 N–H and O–H groups in total. The van der Waals surface area contributed by atoms with Gasteiger partial charge < -0.3 is 15.7 Å². The van der Waals surface area contributed by atoms with E-state index in [0.29, 0.717) is 6.10 Å². The van der Waals surface area contributed by atoms with Crippen LogP contribution in [0.2, 0.25) is 0 Å². The first-order chi connectivity index (χ1) is 9.20. The van der Waals surface area contributed by atoms with Gasteiger partial charge in [0.1, 0.15) is 5.75 Å². The largest absolute Gasteiger partial charge is 0.490 e. The third-order valence-electron chi connectivity index (χ3n) is 3.69. The third-order valence-corrected chi connectivity index (χ3v) is 3.69. The lowest BCUT2D eigenvalue weighted by atomic mass is 10.1. The smallest absolute Gasteiger partial charge is 0.170 e. The summed E-state index contributed by atoms with van der Waals surface area (Å²) in [5.74, 6) is 1.01. The summed E-state index contributed by atoms with van der Waals surface area (Å²) in [6, 6.07) is 5.69. The Balaban J connectivity index is 2.07. The van der Waals surface area contributed by atoms with Crippen molar-refractivity contribution in [3.05, 3.63) is 29.3 Å². The molecule has 1 aromatic carbocycles. The average molecular weight is 262 g/mol. The standard InChI is InChI=1S/C15H22N2O2/c1-11-10-13(8-9-14(11)15(16)17-18)19-12-6-4-2-3-5-7-12/h8-10,12,18H,2-7H2,1H3,(H2,16,17). The van der Waals surface area contributed by atoms with Crippen LogP contribution in [0.4, 0.5) is 0 Å². The van der Waals surface area contributed by atoms with E-state index in [4.69, 9.17) is 15.7 Å². The average Bonchev–Trinajstić information content (AvgIpc) is 2.67. The first-order valence-electron chi connectivity index (χ1n) is 6.96. The minimum Gasteiger partial charge on any atom is -0.490 e. The van der Waals surface area contributed by atoms with Crippen LogP contribution < -0.4 is 10.5 Å². The molecule has 0 bridgehead atoms. The molecule has 0 radical (unpaired) electrons. The van der Waals surface area contributed by atoms with Crippen molar-refractivity contribution in [1.82, 2.24) is 0 Å². The quantitative estimate of drug-likeness (QED) is 0.289. The van der Waals surface area contributed by atoms with Crippen LogP contribution in [0.5, 0.6) is 5.75 Å². The number of hydrogen-bond acceptors (Lipinski definition) is 3. The maximum atomic E-state index is 8.71. The minimum atomic E-state index is 0.138. The van der Waals surface area contributed by atoms with Crippen LogP contribution in [0.25, 0.3) is 0 Å². The van der Waals surface area contributed by atoms with E-state index in [2.05, 4.69) is 5.16 Å². The molecular formula is C15H22N2O2. The summed E-state index contributed by atoms with van der Waals surface area (Å²) in [4.78, 5) is 0. The van der Waals surface area contributed by atoms with E-state index in [1.54, 1.807) is 0 Å². The first kappa shape index (κ1) is 13.7. The van der Waals surface area contributed by atoms with Crippen LogP contribution in [0.1, 0.15) is 49.7 Å². The summed E-state index contributed by atoms with van der Waals surface area (Å²) in [6.07, 6.45) is 7.76. The molecule has 0 atom stereocenters. The van der Waals surface area contributed by atoms with Gasteiger partial charge in [0, 0.05) is 5.56 Å². The SMILES string of the molecule is Cc1cc(OC2CCCCCC2)ccc1/C(N)=N/O. The maximum absolute atomic E-state index is 8.71. The molecular weight excluding hydrogens is 240 g/mol. The van der Waals surface area contributed by atoms with Crippen molar-refractivity contribution in [2.24, 2.45) is 10.9 Å². The minimum absolute atomic E-state index is 0.138. The molecule has 1 fully saturated rings. The molecule has 4 nitrogen and oxygen atoms in total. The third kappa shape index (κ3) is 3.63. The predicted molar refractivity (Wildman–Crippen MR) is 75.8 cm³/mol. The Hall–Kier alpha value is -1.71. The molecule has 1 aliphatic carbocycles. The van der Waals surface area contributed by atoms with E-state index >= 15 is 0 Å². The fourth-order valence-corrected chi connectivity index (χ4v) is 2.60. The van der Waals surface area contributed by atoms with E-state index in [0.717, 1.165) is 29.7 Å². The van der Waals surface area contributed by atoms with Crippen molar-refractivity contribution in [2.75, 3.05) is 0 Å². The van der Waals surface area contributed by atoms with Crippen molar-refractivity contribution in [3.8, 4) is 5.75 Å². The molecule has 2 rings (SSSR count). The van der Waals surface area contributed by atoms with E-state index < -0.39 is 0 Å².